The van der Waals surface area contributed by atoms with E-state index in [1.165, 1.54) is 12.3 Å². The first-order chi connectivity index (χ1) is 10.0. The summed E-state index contributed by atoms with van der Waals surface area (Å²) in [6.07, 6.45) is 2.92. The maximum atomic E-state index is 12.2. The molecule has 1 aromatic heterocycles. The van der Waals surface area contributed by atoms with Crippen LogP contribution in [0.5, 0.6) is 0 Å². The highest BCUT2D eigenvalue weighted by Crippen LogP contribution is 2.22. The largest absolute Gasteiger partial charge is 0.465 e. The van der Waals surface area contributed by atoms with Crippen molar-refractivity contribution in [3.8, 4) is 6.07 Å². The van der Waals surface area contributed by atoms with Crippen LogP contribution in [0.2, 0.25) is 0 Å². The standard InChI is InChI=1S/C17H16N2O2/c1-11-7-12(2)16(13(3)8-11)19-17(20)14(10-18)9-15-5-4-6-21-15/h4-9H,1-3H3,(H,19,20)/b14-9+. The van der Waals surface area contributed by atoms with Crippen LogP contribution < -0.4 is 5.32 Å². The van der Waals surface area contributed by atoms with Crippen molar-refractivity contribution in [3.05, 3.63) is 58.6 Å². The lowest BCUT2D eigenvalue weighted by molar-refractivity contribution is -0.112. The number of rotatable bonds is 3. The van der Waals surface area contributed by atoms with Gasteiger partial charge in [0.25, 0.3) is 5.91 Å². The highest BCUT2D eigenvalue weighted by Gasteiger charge is 2.13. The number of benzene rings is 1. The number of carbonyl (C=O) groups excluding carboxylic acids is 1. The average Bonchev–Trinajstić information content (AvgIpc) is 2.92. The van der Waals surface area contributed by atoms with Crippen LogP contribution in [-0.2, 0) is 4.79 Å². The van der Waals surface area contributed by atoms with Crippen molar-refractivity contribution in [1.29, 1.82) is 5.26 Å². The van der Waals surface area contributed by atoms with E-state index in [0.717, 1.165) is 22.4 Å². The second kappa shape index (κ2) is 6.10. The topological polar surface area (TPSA) is 66.0 Å². The molecule has 106 valence electrons. The first-order valence-corrected chi connectivity index (χ1v) is 6.55. The molecule has 0 fully saturated rings. The Morgan fingerprint density at radius 3 is 2.48 bits per heavy atom. The lowest BCUT2D eigenvalue weighted by Gasteiger charge is -2.12. The molecule has 4 nitrogen and oxygen atoms in total. The molecule has 2 rings (SSSR count). The van der Waals surface area contributed by atoms with E-state index in [4.69, 9.17) is 9.68 Å². The van der Waals surface area contributed by atoms with Crippen molar-refractivity contribution < 1.29 is 9.21 Å². The third kappa shape index (κ3) is 3.40. The number of hydrogen-bond donors (Lipinski definition) is 1. The van der Waals surface area contributed by atoms with Gasteiger partial charge >= 0.3 is 0 Å². The van der Waals surface area contributed by atoms with E-state index < -0.39 is 5.91 Å². The predicted octanol–water partition coefficient (Wildman–Crippen LogP) is 3.75. The molecule has 1 heterocycles. The van der Waals surface area contributed by atoms with Gasteiger partial charge < -0.3 is 9.73 Å². The van der Waals surface area contributed by atoms with Crippen molar-refractivity contribution in [1.82, 2.24) is 0 Å². The summed E-state index contributed by atoms with van der Waals surface area (Å²) in [6.45, 7) is 5.86. The fourth-order valence-electron chi connectivity index (χ4n) is 2.22. The van der Waals surface area contributed by atoms with Crippen molar-refractivity contribution >= 4 is 17.7 Å². The highest BCUT2D eigenvalue weighted by molar-refractivity contribution is 6.10. The summed E-state index contributed by atoms with van der Waals surface area (Å²) in [5.41, 5.74) is 3.82. The number of aryl methyl sites for hydroxylation is 3. The summed E-state index contributed by atoms with van der Waals surface area (Å²) in [5, 5.41) is 11.9. The van der Waals surface area contributed by atoms with Crippen LogP contribution in [0.1, 0.15) is 22.5 Å². The van der Waals surface area contributed by atoms with Crippen molar-refractivity contribution in [3.63, 3.8) is 0 Å². The molecule has 0 aliphatic rings. The molecule has 1 N–H and O–H groups in total. The van der Waals surface area contributed by atoms with Crippen molar-refractivity contribution in [2.75, 3.05) is 5.32 Å². The molecule has 0 saturated carbocycles. The molecule has 0 spiro atoms. The van der Waals surface area contributed by atoms with Gasteiger partial charge in [-0.3, -0.25) is 4.79 Å². The van der Waals surface area contributed by atoms with E-state index >= 15 is 0 Å². The Kier molecular flexibility index (Phi) is 4.24. The second-order valence-corrected chi connectivity index (χ2v) is 4.91. The molecular formula is C17H16N2O2. The Morgan fingerprint density at radius 2 is 1.95 bits per heavy atom. The van der Waals surface area contributed by atoms with Crippen LogP contribution in [0, 0.1) is 32.1 Å². The van der Waals surface area contributed by atoms with Crippen LogP contribution in [-0.4, -0.2) is 5.91 Å². The van der Waals surface area contributed by atoms with Crippen LogP contribution in [0.15, 0.2) is 40.5 Å². The molecule has 0 saturated heterocycles. The quantitative estimate of drug-likeness (QED) is 0.687. The van der Waals surface area contributed by atoms with Crippen LogP contribution in [0.25, 0.3) is 6.08 Å². The lowest BCUT2D eigenvalue weighted by atomic mass is 10.0. The Labute approximate surface area is 123 Å². The number of furan rings is 1. The second-order valence-electron chi connectivity index (χ2n) is 4.91. The SMILES string of the molecule is Cc1cc(C)c(NC(=O)/C(C#N)=C/c2ccco2)c(C)c1. The molecule has 21 heavy (non-hydrogen) atoms. The van der Waals surface area contributed by atoms with Gasteiger partial charge in [0.2, 0.25) is 0 Å². The molecular weight excluding hydrogens is 264 g/mol. The molecule has 4 heteroatoms. The van der Waals surface area contributed by atoms with E-state index in [2.05, 4.69) is 5.32 Å². The zero-order valence-corrected chi connectivity index (χ0v) is 12.2. The number of nitriles is 1. The summed E-state index contributed by atoms with van der Waals surface area (Å²) in [6, 6.07) is 9.27. The average molecular weight is 280 g/mol. The first kappa shape index (κ1) is 14.6. The lowest BCUT2D eigenvalue weighted by Crippen LogP contribution is -2.15. The zero-order valence-electron chi connectivity index (χ0n) is 12.2. The highest BCUT2D eigenvalue weighted by atomic mass is 16.3. The van der Waals surface area contributed by atoms with Gasteiger partial charge in [0, 0.05) is 11.8 Å². The van der Waals surface area contributed by atoms with Crippen LogP contribution in [0.4, 0.5) is 5.69 Å². The summed E-state index contributed by atoms with van der Waals surface area (Å²) < 4.78 is 5.12. The van der Waals surface area contributed by atoms with Gasteiger partial charge in [0.1, 0.15) is 17.4 Å². The number of nitrogens with one attached hydrogen (secondary N) is 1. The van der Waals surface area contributed by atoms with Crippen LogP contribution in [0.3, 0.4) is 0 Å². The van der Waals surface area contributed by atoms with Gasteiger partial charge in [-0.1, -0.05) is 17.7 Å². The minimum absolute atomic E-state index is 0.00400. The summed E-state index contributed by atoms with van der Waals surface area (Å²) in [4.78, 5) is 12.2. The van der Waals surface area contributed by atoms with Gasteiger partial charge in [0.05, 0.1) is 6.26 Å². The molecule has 0 unspecified atom stereocenters. The molecule has 0 bridgehead atoms. The summed E-state index contributed by atoms with van der Waals surface area (Å²) >= 11 is 0. The van der Waals surface area contributed by atoms with E-state index in [9.17, 15) is 4.79 Å². The summed E-state index contributed by atoms with van der Waals surface area (Å²) in [5.74, 6) is 0.0306. The normalized spacial score (nSPS) is 11.0. The number of nitrogens with zero attached hydrogens (tertiary/aromatic N) is 1. The van der Waals surface area contributed by atoms with Gasteiger partial charge in [-0.25, -0.2) is 0 Å². The van der Waals surface area contributed by atoms with Gasteiger partial charge in [-0.15, -0.1) is 0 Å². The fraction of sp³-hybridized carbons (Fsp3) is 0.176. The Balaban J connectivity index is 2.27. The maximum Gasteiger partial charge on any atom is 0.266 e. The molecule has 1 aromatic carbocycles. The van der Waals surface area contributed by atoms with Gasteiger partial charge in [-0.2, -0.15) is 5.26 Å². The monoisotopic (exact) mass is 280 g/mol. The van der Waals surface area contributed by atoms with Crippen LogP contribution >= 0.6 is 0 Å². The zero-order chi connectivity index (χ0) is 15.4. The Hall–Kier alpha value is -2.80. The Bertz CT molecular complexity index is 712. The van der Waals surface area contributed by atoms with Crippen molar-refractivity contribution in [2.45, 2.75) is 20.8 Å². The van der Waals surface area contributed by atoms with Gasteiger partial charge in [0.15, 0.2) is 0 Å². The molecule has 1 amide bonds. The smallest absolute Gasteiger partial charge is 0.266 e. The minimum atomic E-state index is -0.441. The number of amides is 1. The van der Waals surface area contributed by atoms with E-state index in [-0.39, 0.29) is 5.57 Å². The predicted molar refractivity (Wildman–Crippen MR) is 81.6 cm³/mol. The van der Waals surface area contributed by atoms with Crippen molar-refractivity contribution in [2.24, 2.45) is 0 Å². The number of hydrogen-bond acceptors (Lipinski definition) is 3. The van der Waals surface area contributed by atoms with Gasteiger partial charge in [-0.05, 0) is 44.0 Å². The summed E-state index contributed by atoms with van der Waals surface area (Å²) in [7, 11) is 0. The molecule has 0 radical (unpaired) electrons. The maximum absolute atomic E-state index is 12.2. The number of carbonyl (C=O) groups is 1. The first-order valence-electron chi connectivity index (χ1n) is 6.55. The molecule has 2 aromatic rings. The van der Waals surface area contributed by atoms with E-state index in [0.29, 0.717) is 5.76 Å². The molecule has 0 aliphatic heterocycles. The number of anilines is 1. The fourth-order valence-corrected chi connectivity index (χ4v) is 2.22. The third-order valence-corrected chi connectivity index (χ3v) is 3.11. The molecule has 0 atom stereocenters. The molecule has 0 aliphatic carbocycles. The van der Waals surface area contributed by atoms with E-state index in [1.54, 1.807) is 12.1 Å². The van der Waals surface area contributed by atoms with E-state index in [1.807, 2.05) is 39.0 Å². The third-order valence-electron chi connectivity index (χ3n) is 3.11. The minimum Gasteiger partial charge on any atom is -0.465 e. The Morgan fingerprint density at radius 1 is 1.29 bits per heavy atom.